The van der Waals surface area contributed by atoms with Crippen LogP contribution >= 0.6 is 11.3 Å². The van der Waals surface area contributed by atoms with Crippen LogP contribution in [0.1, 0.15) is 37.4 Å². The monoisotopic (exact) mass is 492 g/mol. The van der Waals surface area contributed by atoms with E-state index in [1.54, 1.807) is 28.8 Å². The van der Waals surface area contributed by atoms with Crippen LogP contribution in [0.3, 0.4) is 0 Å². The molecule has 0 aliphatic carbocycles. The van der Waals surface area contributed by atoms with Gasteiger partial charge in [0.2, 0.25) is 0 Å². The number of rotatable bonds is 6. The summed E-state index contributed by atoms with van der Waals surface area (Å²) >= 11 is 1.24. The fourth-order valence-electron chi connectivity index (χ4n) is 3.98. The highest BCUT2D eigenvalue weighted by Gasteiger charge is 2.33. The van der Waals surface area contributed by atoms with E-state index in [-0.39, 0.29) is 11.3 Å². The van der Waals surface area contributed by atoms with Crippen LogP contribution in [0.4, 0.5) is 0 Å². The van der Waals surface area contributed by atoms with E-state index < -0.39 is 18.0 Å². The van der Waals surface area contributed by atoms with Crippen molar-refractivity contribution in [1.82, 2.24) is 4.57 Å². The molecule has 1 aliphatic heterocycles. The zero-order valence-corrected chi connectivity index (χ0v) is 20.5. The van der Waals surface area contributed by atoms with Gasteiger partial charge in [0.15, 0.2) is 16.3 Å². The quantitative estimate of drug-likeness (QED) is 0.388. The lowest BCUT2D eigenvalue weighted by Gasteiger charge is -2.25. The fraction of sp³-hybridized carbons (Fsp3) is 0.231. The summed E-state index contributed by atoms with van der Waals surface area (Å²) in [5.41, 5.74) is 2.14. The van der Waals surface area contributed by atoms with Crippen molar-refractivity contribution in [3.05, 3.63) is 90.6 Å². The first-order chi connectivity index (χ1) is 16.9. The maximum absolute atomic E-state index is 13.6. The molecular weight excluding hydrogens is 468 g/mol. The molecule has 2 heterocycles. The van der Waals surface area contributed by atoms with Crippen molar-refractivity contribution in [2.75, 3.05) is 14.2 Å². The van der Waals surface area contributed by atoms with Crippen LogP contribution < -0.4 is 24.4 Å². The van der Waals surface area contributed by atoms with Gasteiger partial charge in [0.1, 0.15) is 0 Å². The smallest absolute Gasteiger partial charge is 0.338 e. The minimum Gasteiger partial charge on any atom is -0.493 e. The number of aromatic nitrogens is 1. The van der Waals surface area contributed by atoms with Gasteiger partial charge in [-0.2, -0.15) is 0 Å². The van der Waals surface area contributed by atoms with Gasteiger partial charge >= 0.3 is 11.9 Å². The number of nitrogens with zero attached hydrogens (tertiary/aromatic N) is 2. The number of benzene rings is 2. The molecule has 1 aromatic heterocycles. The molecule has 0 fully saturated rings. The highest BCUT2D eigenvalue weighted by Crippen LogP contribution is 2.32. The number of carbonyl (C=O) groups excluding carboxylic acids is 2. The molecule has 0 saturated carbocycles. The molecule has 0 saturated heterocycles. The molecule has 0 spiro atoms. The lowest BCUT2D eigenvalue weighted by molar-refractivity contribution is -0.136. The van der Waals surface area contributed by atoms with Crippen molar-refractivity contribution < 1.29 is 23.8 Å². The van der Waals surface area contributed by atoms with Crippen molar-refractivity contribution in [3.63, 3.8) is 0 Å². The Balaban J connectivity index is 1.91. The number of hydrogen-bond donors (Lipinski definition) is 0. The molecule has 3 aromatic rings. The summed E-state index contributed by atoms with van der Waals surface area (Å²) in [5.74, 6) is -0.318. The van der Waals surface area contributed by atoms with Crippen LogP contribution in [-0.2, 0) is 14.3 Å². The van der Waals surface area contributed by atoms with Crippen molar-refractivity contribution in [1.29, 1.82) is 0 Å². The molecule has 35 heavy (non-hydrogen) atoms. The van der Waals surface area contributed by atoms with E-state index in [9.17, 15) is 14.4 Å². The number of esters is 2. The highest BCUT2D eigenvalue weighted by molar-refractivity contribution is 7.07. The van der Waals surface area contributed by atoms with Gasteiger partial charge < -0.3 is 14.2 Å². The molecule has 0 amide bonds. The van der Waals surface area contributed by atoms with Crippen molar-refractivity contribution >= 4 is 29.4 Å². The molecule has 0 N–H and O–H groups in total. The van der Waals surface area contributed by atoms with Crippen LogP contribution in [0.5, 0.6) is 11.5 Å². The summed E-state index contributed by atoms with van der Waals surface area (Å²) < 4.78 is 17.5. The number of thiazole rings is 1. The molecule has 0 radical (unpaired) electrons. The standard InChI is InChI=1S/C26H24N2O6S/c1-5-18-22(25(31)33-4)23(17-9-7-6-8-10-17)28-24(30)21(35-26(28)27-18)14-16-11-12-19(34-15(2)29)20(13-16)32-3/h6-14,23H,5H2,1-4H3/b21-14-/t23-/m0/s1. The molecular formula is C26H24N2O6S. The first-order valence-electron chi connectivity index (χ1n) is 10.9. The van der Waals surface area contributed by atoms with Crippen molar-refractivity contribution in [3.8, 4) is 11.5 Å². The van der Waals surface area contributed by atoms with E-state index >= 15 is 0 Å². The van der Waals surface area contributed by atoms with Crippen LogP contribution in [0.15, 0.2) is 69.6 Å². The van der Waals surface area contributed by atoms with E-state index in [2.05, 4.69) is 4.99 Å². The topological polar surface area (TPSA) is 96.2 Å². The predicted molar refractivity (Wildman–Crippen MR) is 131 cm³/mol. The second-order valence-electron chi connectivity index (χ2n) is 7.70. The van der Waals surface area contributed by atoms with Crippen LogP contribution in [0, 0.1) is 0 Å². The summed E-state index contributed by atoms with van der Waals surface area (Å²) in [7, 11) is 2.79. The number of allylic oxidation sites excluding steroid dienone is 1. The fourth-order valence-corrected chi connectivity index (χ4v) is 5.00. The molecule has 8 nitrogen and oxygen atoms in total. The minimum absolute atomic E-state index is 0.276. The first-order valence-corrected chi connectivity index (χ1v) is 11.7. The zero-order chi connectivity index (χ0) is 25.1. The number of fused-ring (bicyclic) bond motifs is 1. The zero-order valence-electron chi connectivity index (χ0n) is 19.7. The van der Waals surface area contributed by atoms with E-state index in [1.807, 2.05) is 37.3 Å². The molecule has 2 aromatic carbocycles. The van der Waals surface area contributed by atoms with Crippen LogP contribution in [0.2, 0.25) is 0 Å². The highest BCUT2D eigenvalue weighted by atomic mass is 32.1. The summed E-state index contributed by atoms with van der Waals surface area (Å²) in [5, 5.41) is 0. The molecule has 1 aliphatic rings. The van der Waals surface area contributed by atoms with E-state index in [0.717, 1.165) is 5.56 Å². The summed E-state index contributed by atoms with van der Waals surface area (Å²) in [6.45, 7) is 3.22. The second kappa shape index (κ2) is 10.1. The van der Waals surface area contributed by atoms with Gasteiger partial charge in [-0.3, -0.25) is 14.2 Å². The van der Waals surface area contributed by atoms with Gasteiger partial charge in [-0.15, -0.1) is 0 Å². The summed E-state index contributed by atoms with van der Waals surface area (Å²) in [6.07, 6.45) is 2.23. The molecule has 0 bridgehead atoms. The minimum atomic E-state index is -0.655. The average molecular weight is 493 g/mol. The lowest BCUT2D eigenvalue weighted by atomic mass is 9.95. The van der Waals surface area contributed by atoms with Gasteiger partial charge in [-0.25, -0.2) is 9.79 Å². The Kier molecular flexibility index (Phi) is 6.97. The summed E-state index contributed by atoms with van der Waals surface area (Å²) in [4.78, 5) is 42.9. The molecule has 9 heteroatoms. The second-order valence-corrected chi connectivity index (χ2v) is 8.71. The number of carbonyl (C=O) groups is 2. The summed E-state index contributed by atoms with van der Waals surface area (Å²) in [6, 6.07) is 13.7. The molecule has 4 rings (SSSR count). The van der Waals surface area contributed by atoms with E-state index in [4.69, 9.17) is 14.2 Å². The largest absolute Gasteiger partial charge is 0.493 e. The molecule has 1 atom stereocenters. The Hall–Kier alpha value is -3.98. The normalized spacial score (nSPS) is 15.3. The van der Waals surface area contributed by atoms with Crippen molar-refractivity contribution in [2.45, 2.75) is 26.3 Å². The van der Waals surface area contributed by atoms with Crippen molar-refractivity contribution in [2.24, 2.45) is 4.99 Å². The van der Waals surface area contributed by atoms with E-state index in [0.29, 0.717) is 38.3 Å². The predicted octanol–water partition coefficient (Wildman–Crippen LogP) is 2.73. The molecule has 180 valence electrons. The Morgan fingerprint density at radius 3 is 2.49 bits per heavy atom. The number of methoxy groups -OCH3 is 2. The lowest BCUT2D eigenvalue weighted by Crippen LogP contribution is -2.40. The Labute approximate surface area is 205 Å². The maximum Gasteiger partial charge on any atom is 0.338 e. The third kappa shape index (κ3) is 4.67. The SMILES string of the molecule is CCC1=C(C(=O)OC)[C@H](c2ccccc2)n2c(s/c(=C\c3ccc(OC(C)=O)c(OC)c3)c2=O)=N1. The number of ether oxygens (including phenoxy) is 3. The third-order valence-corrected chi connectivity index (χ3v) is 6.49. The van der Waals surface area contributed by atoms with Crippen LogP contribution in [0.25, 0.3) is 6.08 Å². The van der Waals surface area contributed by atoms with Gasteiger partial charge in [-0.05, 0) is 35.8 Å². The Bertz CT molecular complexity index is 1500. The number of hydrogen-bond acceptors (Lipinski definition) is 8. The Morgan fingerprint density at radius 2 is 1.86 bits per heavy atom. The first kappa shape index (κ1) is 24.2. The van der Waals surface area contributed by atoms with Crippen LogP contribution in [-0.4, -0.2) is 30.7 Å². The van der Waals surface area contributed by atoms with Gasteiger partial charge in [0.05, 0.1) is 36.1 Å². The van der Waals surface area contributed by atoms with E-state index in [1.165, 1.54) is 32.5 Å². The third-order valence-electron chi connectivity index (χ3n) is 5.50. The van der Waals surface area contributed by atoms with Gasteiger partial charge in [0.25, 0.3) is 5.56 Å². The van der Waals surface area contributed by atoms with Gasteiger partial charge in [0, 0.05) is 6.92 Å². The van der Waals surface area contributed by atoms with Gasteiger partial charge in [-0.1, -0.05) is 54.7 Å². The Morgan fingerprint density at radius 1 is 1.11 bits per heavy atom. The average Bonchev–Trinajstić information content (AvgIpc) is 3.17. The molecule has 0 unspecified atom stereocenters. The maximum atomic E-state index is 13.6.